The molecule has 1 aromatic heterocycles. The van der Waals surface area contributed by atoms with Crippen LogP contribution in [-0.4, -0.2) is 45.1 Å². The predicted molar refractivity (Wildman–Crippen MR) is 138 cm³/mol. The van der Waals surface area contributed by atoms with Gasteiger partial charge in [0.2, 0.25) is 10.0 Å². The lowest BCUT2D eigenvalue weighted by Crippen LogP contribution is -2.32. The van der Waals surface area contributed by atoms with Crippen LogP contribution < -0.4 is 10.0 Å². The number of carbonyl (C=O) groups is 1. The summed E-state index contributed by atoms with van der Waals surface area (Å²) in [7, 11) is -7.53. The Morgan fingerprint density at radius 3 is 2.17 bits per heavy atom. The number of amides is 1. The second-order valence-electron chi connectivity index (χ2n) is 8.62. The van der Waals surface area contributed by atoms with E-state index in [4.69, 9.17) is 0 Å². The van der Waals surface area contributed by atoms with Crippen molar-refractivity contribution in [2.45, 2.75) is 42.4 Å². The lowest BCUT2D eigenvalue weighted by atomic mass is 10.1. The van der Waals surface area contributed by atoms with Gasteiger partial charge in [0.25, 0.3) is 15.9 Å². The molecule has 2 N–H and O–H groups in total. The number of carbonyl (C=O) groups excluding carboxylic acids is 1. The Bertz CT molecular complexity index is 1430. The SMILES string of the molecule is Cc1ccc(S(=O)(=O)N2CCCCCC2)cc1C(=O)Nc1ccc(S(=O)(=O)Nc2cccnc2)cc1. The Hall–Kier alpha value is -3.28. The molecule has 2 heterocycles. The number of benzene rings is 2. The lowest BCUT2D eigenvalue weighted by molar-refractivity contribution is 0.102. The third-order valence-corrected chi connectivity index (χ3v) is 9.28. The minimum absolute atomic E-state index is 0.0195. The van der Waals surface area contributed by atoms with E-state index in [1.807, 2.05) is 0 Å². The Morgan fingerprint density at radius 2 is 1.53 bits per heavy atom. The lowest BCUT2D eigenvalue weighted by Gasteiger charge is -2.20. The van der Waals surface area contributed by atoms with Gasteiger partial charge in [-0.2, -0.15) is 4.31 Å². The molecule has 1 saturated heterocycles. The molecule has 0 unspecified atom stereocenters. The molecule has 1 aliphatic heterocycles. The first kappa shape index (κ1) is 25.8. The summed E-state index contributed by atoms with van der Waals surface area (Å²) in [5.74, 6) is -0.482. The molecular weight excluding hydrogens is 500 g/mol. The fraction of sp³-hybridized carbons (Fsp3) is 0.280. The highest BCUT2D eigenvalue weighted by atomic mass is 32.2. The number of hydrogen-bond acceptors (Lipinski definition) is 6. The first-order valence-corrected chi connectivity index (χ1v) is 14.5. The van der Waals surface area contributed by atoms with Gasteiger partial charge in [0.05, 0.1) is 21.7 Å². The molecule has 36 heavy (non-hydrogen) atoms. The number of nitrogens with one attached hydrogen (secondary N) is 2. The average Bonchev–Trinajstić information content (AvgIpc) is 3.15. The highest BCUT2D eigenvalue weighted by Gasteiger charge is 2.26. The van der Waals surface area contributed by atoms with E-state index in [-0.39, 0.29) is 15.4 Å². The molecule has 1 fully saturated rings. The van der Waals surface area contributed by atoms with Crippen LogP contribution in [-0.2, 0) is 20.0 Å². The van der Waals surface area contributed by atoms with E-state index in [1.165, 1.54) is 53.1 Å². The summed E-state index contributed by atoms with van der Waals surface area (Å²) in [4.78, 5) is 17.0. The minimum Gasteiger partial charge on any atom is -0.322 e. The van der Waals surface area contributed by atoms with Crippen molar-refractivity contribution in [1.82, 2.24) is 9.29 Å². The van der Waals surface area contributed by atoms with E-state index in [0.717, 1.165) is 25.7 Å². The van der Waals surface area contributed by atoms with Gasteiger partial charge in [-0.3, -0.25) is 14.5 Å². The van der Waals surface area contributed by atoms with Crippen LogP contribution in [0.15, 0.2) is 76.8 Å². The van der Waals surface area contributed by atoms with Crippen LogP contribution in [0.2, 0.25) is 0 Å². The smallest absolute Gasteiger partial charge is 0.261 e. The van der Waals surface area contributed by atoms with Crippen LogP contribution in [0.4, 0.5) is 11.4 Å². The number of nitrogens with zero attached hydrogens (tertiary/aromatic N) is 2. The predicted octanol–water partition coefficient (Wildman–Crippen LogP) is 4.01. The van der Waals surface area contributed by atoms with Crippen LogP contribution in [0.5, 0.6) is 0 Å². The maximum Gasteiger partial charge on any atom is 0.261 e. The third kappa shape index (κ3) is 5.92. The van der Waals surface area contributed by atoms with E-state index in [2.05, 4.69) is 15.0 Å². The van der Waals surface area contributed by atoms with Gasteiger partial charge in [-0.25, -0.2) is 16.8 Å². The van der Waals surface area contributed by atoms with Gasteiger partial charge in [0.15, 0.2) is 0 Å². The highest BCUT2D eigenvalue weighted by molar-refractivity contribution is 7.92. The summed E-state index contributed by atoms with van der Waals surface area (Å²) in [6.07, 6.45) is 6.59. The van der Waals surface area contributed by atoms with Gasteiger partial charge in [-0.15, -0.1) is 0 Å². The van der Waals surface area contributed by atoms with Crippen molar-refractivity contribution in [3.05, 3.63) is 78.1 Å². The molecular formula is C25H28N4O5S2. The number of aryl methyl sites for hydroxylation is 1. The van der Waals surface area contributed by atoms with Crippen molar-refractivity contribution in [2.75, 3.05) is 23.1 Å². The van der Waals surface area contributed by atoms with Gasteiger partial charge in [-0.1, -0.05) is 18.9 Å². The molecule has 0 bridgehead atoms. The maximum atomic E-state index is 13.2. The largest absolute Gasteiger partial charge is 0.322 e. The molecule has 190 valence electrons. The molecule has 1 amide bonds. The number of sulfonamides is 2. The number of pyridine rings is 1. The van der Waals surface area contributed by atoms with Crippen LogP contribution in [0.1, 0.15) is 41.6 Å². The van der Waals surface area contributed by atoms with Crippen molar-refractivity contribution >= 4 is 37.3 Å². The zero-order chi connectivity index (χ0) is 25.8. The van der Waals surface area contributed by atoms with E-state index >= 15 is 0 Å². The standard InChI is InChI=1S/C25H28N4O5S2/c1-19-8-11-23(36(33,34)29-15-4-2-3-5-16-29)17-24(19)25(30)27-20-9-12-22(13-10-20)35(31,32)28-21-7-6-14-26-18-21/h6-14,17-18,28H,2-5,15-16H2,1H3,(H,27,30). The van der Waals surface area contributed by atoms with E-state index in [0.29, 0.717) is 30.0 Å². The number of hydrogen-bond donors (Lipinski definition) is 2. The van der Waals surface area contributed by atoms with E-state index in [1.54, 1.807) is 25.1 Å². The van der Waals surface area contributed by atoms with Crippen LogP contribution in [0.3, 0.4) is 0 Å². The number of rotatable bonds is 7. The van der Waals surface area contributed by atoms with Crippen LogP contribution >= 0.6 is 0 Å². The molecule has 9 nitrogen and oxygen atoms in total. The average molecular weight is 529 g/mol. The summed E-state index contributed by atoms with van der Waals surface area (Å²) < 4.78 is 55.5. The fourth-order valence-electron chi connectivity index (χ4n) is 3.99. The van der Waals surface area contributed by atoms with Gasteiger partial charge in [0.1, 0.15) is 0 Å². The quantitative estimate of drug-likeness (QED) is 0.477. The summed E-state index contributed by atoms with van der Waals surface area (Å²) >= 11 is 0. The first-order valence-electron chi connectivity index (χ1n) is 11.6. The summed E-state index contributed by atoms with van der Waals surface area (Å²) in [6.45, 7) is 2.68. The summed E-state index contributed by atoms with van der Waals surface area (Å²) in [5, 5.41) is 2.72. The molecule has 3 aromatic rings. The molecule has 0 spiro atoms. The summed E-state index contributed by atoms with van der Waals surface area (Å²) in [6, 6.07) is 13.5. The van der Waals surface area contributed by atoms with Crippen molar-refractivity contribution in [2.24, 2.45) is 0 Å². The fourth-order valence-corrected chi connectivity index (χ4v) is 6.58. The van der Waals surface area contributed by atoms with E-state index in [9.17, 15) is 21.6 Å². The highest BCUT2D eigenvalue weighted by Crippen LogP contribution is 2.24. The second-order valence-corrected chi connectivity index (χ2v) is 12.2. The topological polar surface area (TPSA) is 126 Å². The Kier molecular flexibility index (Phi) is 7.72. The van der Waals surface area contributed by atoms with Crippen molar-refractivity contribution in [1.29, 1.82) is 0 Å². The van der Waals surface area contributed by atoms with E-state index < -0.39 is 26.0 Å². The molecule has 4 rings (SSSR count). The van der Waals surface area contributed by atoms with Crippen LogP contribution in [0, 0.1) is 6.92 Å². The first-order chi connectivity index (χ1) is 17.2. The Balaban J connectivity index is 1.50. The molecule has 0 atom stereocenters. The zero-order valence-corrected chi connectivity index (χ0v) is 21.5. The zero-order valence-electron chi connectivity index (χ0n) is 19.8. The summed E-state index contributed by atoms with van der Waals surface area (Å²) in [5.41, 5.74) is 1.57. The molecule has 2 aromatic carbocycles. The van der Waals surface area contributed by atoms with Crippen molar-refractivity contribution < 1.29 is 21.6 Å². The molecule has 0 radical (unpaired) electrons. The van der Waals surface area contributed by atoms with Gasteiger partial charge < -0.3 is 5.32 Å². The second kappa shape index (κ2) is 10.8. The molecule has 11 heteroatoms. The minimum atomic E-state index is -3.83. The van der Waals surface area contributed by atoms with Crippen molar-refractivity contribution in [3.63, 3.8) is 0 Å². The maximum absolute atomic E-state index is 13.2. The third-order valence-electron chi connectivity index (χ3n) is 5.99. The monoisotopic (exact) mass is 528 g/mol. The number of anilines is 2. The molecule has 0 aliphatic carbocycles. The van der Waals surface area contributed by atoms with Crippen LogP contribution in [0.25, 0.3) is 0 Å². The van der Waals surface area contributed by atoms with Gasteiger partial charge in [0, 0.05) is 30.5 Å². The van der Waals surface area contributed by atoms with Gasteiger partial charge in [-0.05, 0) is 73.9 Å². The number of aromatic nitrogens is 1. The Morgan fingerprint density at radius 1 is 0.861 bits per heavy atom. The molecule has 0 saturated carbocycles. The Labute approximate surface area is 211 Å². The van der Waals surface area contributed by atoms with Gasteiger partial charge >= 0.3 is 0 Å². The normalized spacial score (nSPS) is 15.1. The van der Waals surface area contributed by atoms with Crippen molar-refractivity contribution in [3.8, 4) is 0 Å². The molecule has 1 aliphatic rings.